The SMILES string of the molecule is COc1cc(C)cc(OCc2ccc(C(=O)C[C@H]3CCCCCC[C@H]3C(=O)N3C(=O)[C@@H]4CCCCCC[C@@H]43)cc2)c1. The van der Waals surface area contributed by atoms with E-state index < -0.39 is 0 Å². The Hall–Kier alpha value is -3.15. The van der Waals surface area contributed by atoms with Gasteiger partial charge in [0.2, 0.25) is 11.8 Å². The number of ether oxygens (including phenoxy) is 2. The Labute approximate surface area is 244 Å². The van der Waals surface area contributed by atoms with Crippen LogP contribution < -0.4 is 9.47 Å². The zero-order valence-electron chi connectivity index (χ0n) is 24.7. The lowest BCUT2D eigenvalue weighted by Crippen LogP contribution is -2.64. The first-order valence-corrected chi connectivity index (χ1v) is 15.7. The van der Waals surface area contributed by atoms with Crippen LogP contribution in [0.25, 0.3) is 0 Å². The third kappa shape index (κ3) is 7.02. The Morgan fingerprint density at radius 1 is 0.829 bits per heavy atom. The molecule has 2 aliphatic carbocycles. The molecule has 2 amide bonds. The fourth-order valence-electron chi connectivity index (χ4n) is 7.13. The number of imide groups is 1. The second kappa shape index (κ2) is 13.7. The Kier molecular flexibility index (Phi) is 9.79. The van der Waals surface area contributed by atoms with Gasteiger partial charge < -0.3 is 9.47 Å². The van der Waals surface area contributed by atoms with E-state index in [0.29, 0.717) is 18.6 Å². The van der Waals surface area contributed by atoms with Crippen LogP contribution in [0.5, 0.6) is 11.5 Å². The minimum atomic E-state index is -0.242. The normalized spacial score (nSPS) is 25.0. The molecule has 0 bridgehead atoms. The first-order valence-electron chi connectivity index (χ1n) is 15.7. The van der Waals surface area contributed by atoms with Crippen LogP contribution in [-0.2, 0) is 16.2 Å². The maximum Gasteiger partial charge on any atom is 0.234 e. The van der Waals surface area contributed by atoms with E-state index >= 15 is 0 Å². The number of ketones is 1. The van der Waals surface area contributed by atoms with E-state index in [1.807, 2.05) is 49.4 Å². The third-order valence-electron chi connectivity index (χ3n) is 9.47. The van der Waals surface area contributed by atoms with E-state index in [0.717, 1.165) is 86.8 Å². The summed E-state index contributed by atoms with van der Waals surface area (Å²) in [6, 6.07) is 13.5. The summed E-state index contributed by atoms with van der Waals surface area (Å²) in [7, 11) is 1.64. The number of benzene rings is 2. The maximum absolute atomic E-state index is 13.9. The zero-order chi connectivity index (χ0) is 28.8. The average Bonchev–Trinajstić information content (AvgIpc) is 2.94. The molecule has 6 heteroatoms. The predicted octanol–water partition coefficient (Wildman–Crippen LogP) is 7.45. The van der Waals surface area contributed by atoms with Crippen LogP contribution in [0.15, 0.2) is 42.5 Å². The van der Waals surface area contributed by atoms with Gasteiger partial charge in [0.1, 0.15) is 18.1 Å². The molecular weight excluding hydrogens is 514 g/mol. The van der Waals surface area contributed by atoms with E-state index in [-0.39, 0.29) is 41.4 Å². The van der Waals surface area contributed by atoms with E-state index in [2.05, 4.69) is 0 Å². The van der Waals surface area contributed by atoms with Gasteiger partial charge in [-0.05, 0) is 61.8 Å². The molecule has 3 fully saturated rings. The van der Waals surface area contributed by atoms with Gasteiger partial charge in [-0.15, -0.1) is 0 Å². The van der Waals surface area contributed by atoms with E-state index in [9.17, 15) is 14.4 Å². The molecule has 6 nitrogen and oxygen atoms in total. The zero-order valence-corrected chi connectivity index (χ0v) is 24.7. The summed E-state index contributed by atoms with van der Waals surface area (Å²) in [5.41, 5.74) is 2.71. The highest BCUT2D eigenvalue weighted by Gasteiger charge is 2.51. The van der Waals surface area contributed by atoms with Gasteiger partial charge >= 0.3 is 0 Å². The first-order chi connectivity index (χ1) is 19.9. The van der Waals surface area contributed by atoms with Crippen molar-refractivity contribution in [1.82, 2.24) is 4.90 Å². The van der Waals surface area contributed by atoms with Crippen molar-refractivity contribution in [3.63, 3.8) is 0 Å². The molecule has 0 unspecified atom stereocenters. The number of hydrogen-bond acceptors (Lipinski definition) is 5. The van der Waals surface area contributed by atoms with Crippen LogP contribution in [-0.4, -0.2) is 35.6 Å². The van der Waals surface area contributed by atoms with Crippen molar-refractivity contribution >= 4 is 17.6 Å². The van der Waals surface area contributed by atoms with Gasteiger partial charge in [0.05, 0.1) is 19.1 Å². The lowest BCUT2D eigenvalue weighted by molar-refractivity contribution is -0.171. The summed E-state index contributed by atoms with van der Waals surface area (Å²) in [4.78, 5) is 42.1. The quantitative estimate of drug-likeness (QED) is 0.191. The number of carbonyl (C=O) groups excluding carboxylic acids is 3. The van der Waals surface area contributed by atoms with Gasteiger partial charge in [0.15, 0.2) is 5.78 Å². The van der Waals surface area contributed by atoms with Crippen LogP contribution in [0.2, 0.25) is 0 Å². The summed E-state index contributed by atoms with van der Waals surface area (Å²) in [6.07, 6.45) is 12.7. The summed E-state index contributed by atoms with van der Waals surface area (Å²) >= 11 is 0. The lowest BCUT2D eigenvalue weighted by atomic mass is 9.74. The molecule has 5 rings (SSSR count). The van der Waals surface area contributed by atoms with Crippen molar-refractivity contribution in [3.8, 4) is 11.5 Å². The van der Waals surface area contributed by atoms with Crippen LogP contribution in [0.4, 0.5) is 0 Å². The van der Waals surface area contributed by atoms with Crippen LogP contribution >= 0.6 is 0 Å². The van der Waals surface area contributed by atoms with Gasteiger partial charge in [-0.25, -0.2) is 0 Å². The van der Waals surface area contributed by atoms with E-state index in [1.54, 1.807) is 12.0 Å². The largest absolute Gasteiger partial charge is 0.497 e. The number of carbonyl (C=O) groups is 3. The molecule has 2 saturated carbocycles. The topological polar surface area (TPSA) is 72.9 Å². The lowest BCUT2D eigenvalue weighted by Gasteiger charge is -2.49. The maximum atomic E-state index is 13.9. The second-order valence-corrected chi connectivity index (χ2v) is 12.4. The highest BCUT2D eigenvalue weighted by atomic mass is 16.5. The molecule has 0 spiro atoms. The van der Waals surface area contributed by atoms with Crippen LogP contribution in [0.1, 0.15) is 105 Å². The first kappa shape index (κ1) is 29.3. The summed E-state index contributed by atoms with van der Waals surface area (Å²) < 4.78 is 11.3. The van der Waals surface area contributed by atoms with Crippen molar-refractivity contribution in [1.29, 1.82) is 0 Å². The number of β-lactam (4-membered cyclic amide) rings is 1. The monoisotopic (exact) mass is 559 g/mol. The Morgan fingerprint density at radius 3 is 2.22 bits per heavy atom. The van der Waals surface area contributed by atoms with Crippen molar-refractivity contribution in [2.45, 2.75) is 103 Å². The third-order valence-corrected chi connectivity index (χ3v) is 9.47. The summed E-state index contributed by atoms with van der Waals surface area (Å²) in [6.45, 7) is 2.40. The molecule has 1 heterocycles. The van der Waals surface area contributed by atoms with Crippen molar-refractivity contribution in [2.24, 2.45) is 17.8 Å². The molecule has 220 valence electrons. The molecular formula is C35H45NO5. The number of amides is 2. The number of aryl methyl sites for hydroxylation is 1. The molecule has 0 N–H and O–H groups in total. The highest BCUT2D eigenvalue weighted by molar-refractivity contribution is 6.03. The predicted molar refractivity (Wildman–Crippen MR) is 159 cm³/mol. The second-order valence-electron chi connectivity index (χ2n) is 12.4. The summed E-state index contributed by atoms with van der Waals surface area (Å²) in [5.74, 6) is 1.38. The number of rotatable bonds is 8. The standard InChI is InChI=1S/C35H45NO5/c1-24-19-28(40-2)22-29(20-24)41-23-25-15-17-26(18-16-25)33(37)21-27-11-7-3-4-8-12-30(27)34(38)36-32-14-10-6-5-9-13-31(32)35(36)39/h15-20,22,27,30-32H,3-14,21,23H2,1-2H3/t27-,30-,31-,32+/m1/s1. The Morgan fingerprint density at radius 2 is 1.49 bits per heavy atom. The minimum Gasteiger partial charge on any atom is -0.497 e. The minimum absolute atomic E-state index is 0.00296. The van der Waals surface area contributed by atoms with E-state index in [1.165, 1.54) is 12.8 Å². The number of Topliss-reactive ketones (excluding diaryl/α,β-unsaturated/α-hetero) is 1. The molecule has 1 aliphatic heterocycles. The van der Waals surface area contributed by atoms with Crippen LogP contribution in [0.3, 0.4) is 0 Å². The fraction of sp³-hybridized carbons (Fsp3) is 0.571. The number of nitrogens with zero attached hydrogens (tertiary/aromatic N) is 1. The molecule has 0 aromatic heterocycles. The number of fused-ring (bicyclic) bond motifs is 1. The summed E-state index contributed by atoms with van der Waals surface area (Å²) in [5, 5.41) is 0. The molecule has 1 saturated heterocycles. The van der Waals surface area contributed by atoms with Gasteiger partial charge in [-0.1, -0.05) is 75.6 Å². The fourth-order valence-corrected chi connectivity index (χ4v) is 7.13. The number of likely N-dealkylation sites (tertiary alicyclic amines) is 1. The smallest absolute Gasteiger partial charge is 0.234 e. The molecule has 2 aromatic rings. The molecule has 41 heavy (non-hydrogen) atoms. The number of hydrogen-bond donors (Lipinski definition) is 0. The van der Waals surface area contributed by atoms with Crippen molar-refractivity contribution in [2.75, 3.05) is 7.11 Å². The Balaban J connectivity index is 1.23. The van der Waals surface area contributed by atoms with E-state index in [4.69, 9.17) is 9.47 Å². The number of methoxy groups -OCH3 is 1. The highest BCUT2D eigenvalue weighted by Crippen LogP contribution is 2.41. The van der Waals surface area contributed by atoms with Crippen molar-refractivity contribution < 1.29 is 23.9 Å². The van der Waals surface area contributed by atoms with Gasteiger partial charge in [-0.2, -0.15) is 0 Å². The van der Waals surface area contributed by atoms with Gasteiger partial charge in [0, 0.05) is 24.0 Å². The molecule has 4 atom stereocenters. The van der Waals surface area contributed by atoms with Crippen molar-refractivity contribution in [3.05, 3.63) is 59.2 Å². The average molecular weight is 560 g/mol. The molecule has 2 aromatic carbocycles. The molecule has 3 aliphatic rings. The van der Waals surface area contributed by atoms with Gasteiger partial charge in [0.25, 0.3) is 0 Å². The van der Waals surface area contributed by atoms with Gasteiger partial charge in [-0.3, -0.25) is 19.3 Å². The Bertz CT molecular complexity index is 1220. The molecule has 0 radical (unpaired) electrons. The van der Waals surface area contributed by atoms with Crippen LogP contribution in [0, 0.1) is 24.7 Å².